The van der Waals surface area contributed by atoms with Crippen LogP contribution in [0.5, 0.6) is 0 Å². The number of aromatic nitrogens is 2. The second kappa shape index (κ2) is 6.36. The minimum Gasteiger partial charge on any atom is -0.618 e. The van der Waals surface area contributed by atoms with Crippen LogP contribution in [0.2, 0.25) is 0 Å². The number of hydrogen-bond donors (Lipinski definition) is 0. The summed E-state index contributed by atoms with van der Waals surface area (Å²) in [7, 11) is 2.52. The molecule has 2 rings (SSSR count). The largest absolute Gasteiger partial charge is 0.618 e. The van der Waals surface area contributed by atoms with Crippen molar-refractivity contribution in [2.45, 2.75) is 10.1 Å². The lowest BCUT2D eigenvalue weighted by Crippen LogP contribution is -2.28. The van der Waals surface area contributed by atoms with Gasteiger partial charge >= 0.3 is 0 Å². The van der Waals surface area contributed by atoms with Gasteiger partial charge in [0.05, 0.1) is 0 Å². The maximum Gasteiger partial charge on any atom is 0.262 e. The summed E-state index contributed by atoms with van der Waals surface area (Å²) in [5.41, 5.74) is 0. The lowest BCUT2D eigenvalue weighted by molar-refractivity contribution is -0.646. The standard InChI is InChI=1S/C10H8N2O2S2.CH3/c13-11-7-3-1-5-9(11)15-16-10-6-2-4-8-12(10)14;/h1-8H;1H3/q;-1. The molecule has 0 radical (unpaired) electrons. The van der Waals surface area contributed by atoms with Gasteiger partial charge in [0.2, 0.25) is 0 Å². The molecule has 0 aliphatic heterocycles. The van der Waals surface area contributed by atoms with Gasteiger partial charge in [-0.05, 0) is 12.1 Å². The summed E-state index contributed by atoms with van der Waals surface area (Å²) in [5, 5.41) is 23.8. The molecule has 0 aliphatic rings. The molecule has 0 unspecified atom stereocenters. The minimum atomic E-state index is 0. The Bertz CT molecular complexity index is 449. The first kappa shape index (κ1) is 13.7. The van der Waals surface area contributed by atoms with E-state index in [1.165, 1.54) is 34.0 Å². The molecule has 0 N–H and O–H groups in total. The SMILES string of the molecule is [CH3-].[O-][n+]1ccccc1SSc1cccc[n+]1[O-]. The van der Waals surface area contributed by atoms with Crippen molar-refractivity contribution in [2.24, 2.45) is 0 Å². The van der Waals surface area contributed by atoms with Crippen molar-refractivity contribution in [3.8, 4) is 0 Å². The Morgan fingerprint density at radius 1 is 0.765 bits per heavy atom. The van der Waals surface area contributed by atoms with E-state index in [1.807, 2.05) is 0 Å². The summed E-state index contributed by atoms with van der Waals surface area (Å²) >= 11 is 0. The first-order chi connectivity index (χ1) is 7.77. The molecule has 2 heterocycles. The van der Waals surface area contributed by atoms with E-state index in [4.69, 9.17) is 0 Å². The maximum atomic E-state index is 11.3. The molecule has 17 heavy (non-hydrogen) atoms. The van der Waals surface area contributed by atoms with Crippen molar-refractivity contribution in [3.05, 3.63) is 66.6 Å². The van der Waals surface area contributed by atoms with Crippen LogP contribution >= 0.6 is 21.6 Å². The third kappa shape index (κ3) is 3.54. The third-order valence-corrected chi connectivity index (χ3v) is 4.12. The smallest absolute Gasteiger partial charge is 0.262 e. The summed E-state index contributed by atoms with van der Waals surface area (Å²) in [5.74, 6) is 0. The van der Waals surface area contributed by atoms with E-state index in [-0.39, 0.29) is 7.43 Å². The van der Waals surface area contributed by atoms with E-state index in [0.717, 1.165) is 9.46 Å². The van der Waals surface area contributed by atoms with Crippen LogP contribution in [0.4, 0.5) is 0 Å². The zero-order valence-corrected chi connectivity index (χ0v) is 10.8. The van der Waals surface area contributed by atoms with Gasteiger partial charge < -0.3 is 17.8 Å². The Balaban J connectivity index is 0.00000144. The quantitative estimate of drug-likeness (QED) is 0.370. The van der Waals surface area contributed by atoms with Gasteiger partial charge in [-0.25, -0.2) is 0 Å². The number of pyridine rings is 2. The lowest BCUT2D eigenvalue weighted by Gasteiger charge is -2.03. The Morgan fingerprint density at radius 3 is 1.53 bits per heavy atom. The lowest BCUT2D eigenvalue weighted by atomic mass is 10.5. The highest BCUT2D eigenvalue weighted by Crippen LogP contribution is 2.33. The van der Waals surface area contributed by atoms with Crippen LogP contribution in [0, 0.1) is 17.8 Å². The molecule has 0 bridgehead atoms. The zero-order valence-electron chi connectivity index (χ0n) is 9.15. The molecule has 0 saturated heterocycles. The number of hydrogen-bond acceptors (Lipinski definition) is 4. The first-order valence-electron chi connectivity index (χ1n) is 4.48. The van der Waals surface area contributed by atoms with Gasteiger partial charge in [-0.3, -0.25) is 0 Å². The summed E-state index contributed by atoms with van der Waals surface area (Å²) in [6, 6.07) is 10.3. The molecule has 0 atom stereocenters. The second-order valence-corrected chi connectivity index (χ2v) is 5.07. The summed E-state index contributed by atoms with van der Waals surface area (Å²) in [4.78, 5) is 0. The Kier molecular flexibility index (Phi) is 5.11. The van der Waals surface area contributed by atoms with E-state index in [1.54, 1.807) is 36.4 Å². The molecule has 2 aromatic heterocycles. The molecule has 0 aromatic carbocycles. The molecule has 0 spiro atoms. The molecule has 6 heteroatoms. The monoisotopic (exact) mass is 267 g/mol. The zero-order chi connectivity index (χ0) is 11.4. The fraction of sp³-hybridized carbons (Fsp3) is 0. The predicted octanol–water partition coefficient (Wildman–Crippen LogP) is 2.20. The van der Waals surface area contributed by atoms with Gasteiger partial charge in [0, 0.05) is 45.9 Å². The average Bonchev–Trinajstić information content (AvgIpc) is 2.30. The second-order valence-electron chi connectivity index (χ2n) is 2.90. The molecule has 0 saturated carbocycles. The normalized spacial score (nSPS) is 9.65. The van der Waals surface area contributed by atoms with Crippen molar-refractivity contribution in [1.82, 2.24) is 0 Å². The van der Waals surface area contributed by atoms with E-state index < -0.39 is 0 Å². The fourth-order valence-corrected chi connectivity index (χ4v) is 3.03. The van der Waals surface area contributed by atoms with E-state index in [0.29, 0.717) is 10.1 Å². The minimum absolute atomic E-state index is 0. The van der Waals surface area contributed by atoms with Crippen LogP contribution in [0.1, 0.15) is 0 Å². The van der Waals surface area contributed by atoms with Crippen molar-refractivity contribution in [3.63, 3.8) is 0 Å². The van der Waals surface area contributed by atoms with Crippen LogP contribution in [0.15, 0.2) is 58.8 Å². The van der Waals surface area contributed by atoms with Gasteiger partial charge in [0.1, 0.15) is 0 Å². The van der Waals surface area contributed by atoms with Gasteiger partial charge in [-0.2, -0.15) is 9.46 Å². The highest BCUT2D eigenvalue weighted by molar-refractivity contribution is 8.76. The number of nitrogens with zero attached hydrogens (tertiary/aromatic N) is 2. The molecule has 0 amide bonds. The molecular weight excluding hydrogens is 256 g/mol. The average molecular weight is 267 g/mol. The van der Waals surface area contributed by atoms with Gasteiger partial charge in [0.25, 0.3) is 10.1 Å². The van der Waals surface area contributed by atoms with Gasteiger partial charge in [0.15, 0.2) is 12.4 Å². The Hall–Kier alpha value is -1.40. The highest BCUT2D eigenvalue weighted by atomic mass is 33.1. The molecule has 4 nitrogen and oxygen atoms in total. The Labute approximate surface area is 108 Å². The van der Waals surface area contributed by atoms with Crippen molar-refractivity contribution < 1.29 is 9.46 Å². The first-order valence-corrected chi connectivity index (χ1v) is 6.63. The maximum absolute atomic E-state index is 11.3. The van der Waals surface area contributed by atoms with Crippen molar-refractivity contribution in [1.29, 1.82) is 0 Å². The molecule has 0 fully saturated rings. The molecule has 2 aromatic rings. The number of rotatable bonds is 3. The van der Waals surface area contributed by atoms with Crippen LogP contribution < -0.4 is 9.46 Å². The van der Waals surface area contributed by atoms with Gasteiger partial charge in [-0.1, -0.05) is 0 Å². The summed E-state index contributed by atoms with van der Waals surface area (Å²) in [6.07, 6.45) is 2.86. The molecule has 0 aliphatic carbocycles. The van der Waals surface area contributed by atoms with Crippen molar-refractivity contribution >= 4 is 21.6 Å². The van der Waals surface area contributed by atoms with Crippen molar-refractivity contribution in [2.75, 3.05) is 0 Å². The molecular formula is C11H11N2O2S2-. The highest BCUT2D eigenvalue weighted by Gasteiger charge is 2.10. The van der Waals surface area contributed by atoms with Crippen LogP contribution in [0.25, 0.3) is 0 Å². The third-order valence-electron chi connectivity index (χ3n) is 1.79. The van der Waals surface area contributed by atoms with Crippen LogP contribution in [-0.2, 0) is 0 Å². The topological polar surface area (TPSA) is 53.9 Å². The fourth-order valence-electron chi connectivity index (χ4n) is 1.04. The van der Waals surface area contributed by atoms with Gasteiger partial charge in [-0.15, -0.1) is 0 Å². The summed E-state index contributed by atoms with van der Waals surface area (Å²) < 4.78 is 1.55. The predicted molar refractivity (Wildman–Crippen MR) is 68.9 cm³/mol. The summed E-state index contributed by atoms with van der Waals surface area (Å²) in [6.45, 7) is 0. The Morgan fingerprint density at radius 2 is 1.18 bits per heavy atom. The van der Waals surface area contributed by atoms with Crippen LogP contribution in [0.3, 0.4) is 0 Å². The van der Waals surface area contributed by atoms with Crippen LogP contribution in [-0.4, -0.2) is 0 Å². The molecule has 90 valence electrons. The van der Waals surface area contributed by atoms with E-state index in [9.17, 15) is 10.4 Å². The van der Waals surface area contributed by atoms with E-state index >= 15 is 0 Å². The van der Waals surface area contributed by atoms with E-state index in [2.05, 4.69) is 0 Å².